The summed E-state index contributed by atoms with van der Waals surface area (Å²) in [7, 11) is -3.18. The molecule has 2 aliphatic heterocycles. The van der Waals surface area contributed by atoms with Crippen LogP contribution in [0.3, 0.4) is 0 Å². The van der Waals surface area contributed by atoms with Gasteiger partial charge in [0.2, 0.25) is 5.91 Å². The Kier molecular flexibility index (Phi) is 6.13. The molecule has 2 heterocycles. The maximum atomic E-state index is 12.7. The lowest BCUT2D eigenvalue weighted by Crippen LogP contribution is -2.39. The van der Waals surface area contributed by atoms with Crippen molar-refractivity contribution < 1.29 is 18.0 Å². The number of anilines is 2. The molecular formula is C23H25N3O4S2. The number of rotatable bonds is 5. The molecule has 1 N–H and O–H groups in total. The number of sulfone groups is 1. The lowest BCUT2D eigenvalue weighted by Gasteiger charge is -2.26. The molecule has 1 amide bonds. The number of fused-ring (bicyclic) bond motifs is 1. The first kappa shape index (κ1) is 22.5. The van der Waals surface area contributed by atoms with Crippen molar-refractivity contribution in [1.29, 1.82) is 0 Å². The van der Waals surface area contributed by atoms with Gasteiger partial charge in [-0.25, -0.2) is 8.42 Å². The molecule has 9 heteroatoms. The highest BCUT2D eigenvalue weighted by Crippen LogP contribution is 2.35. The smallest absolute Gasteiger partial charge is 0.234 e. The normalized spacial score (nSPS) is 21.2. The molecule has 2 aliphatic rings. The topological polar surface area (TPSA) is 95.9 Å². The Morgan fingerprint density at radius 2 is 1.81 bits per heavy atom. The van der Waals surface area contributed by atoms with Crippen LogP contribution in [0.25, 0.3) is 0 Å². The van der Waals surface area contributed by atoms with E-state index in [0.29, 0.717) is 16.4 Å². The maximum absolute atomic E-state index is 12.7. The molecule has 1 fully saturated rings. The average Bonchev–Trinajstić information content (AvgIpc) is 3.20. The zero-order valence-electron chi connectivity index (χ0n) is 18.2. The van der Waals surface area contributed by atoms with E-state index in [-0.39, 0.29) is 41.0 Å². The summed E-state index contributed by atoms with van der Waals surface area (Å²) in [5.74, 6) is -0.0802. The van der Waals surface area contributed by atoms with Crippen LogP contribution in [0.2, 0.25) is 0 Å². The molecule has 32 heavy (non-hydrogen) atoms. The van der Waals surface area contributed by atoms with Crippen molar-refractivity contribution in [2.24, 2.45) is 4.99 Å². The van der Waals surface area contributed by atoms with E-state index in [2.05, 4.69) is 10.3 Å². The fourth-order valence-electron chi connectivity index (χ4n) is 4.13. The summed E-state index contributed by atoms with van der Waals surface area (Å²) in [6.45, 7) is 5.39. The van der Waals surface area contributed by atoms with Crippen molar-refractivity contribution in [3.05, 3.63) is 59.2 Å². The van der Waals surface area contributed by atoms with E-state index in [0.717, 1.165) is 16.8 Å². The summed E-state index contributed by atoms with van der Waals surface area (Å²) in [5.41, 5.74) is 4.04. The van der Waals surface area contributed by atoms with E-state index in [4.69, 9.17) is 0 Å². The quantitative estimate of drug-likeness (QED) is 0.673. The van der Waals surface area contributed by atoms with Gasteiger partial charge in [0.25, 0.3) is 0 Å². The number of ketones is 1. The standard InChI is InChI=1S/C23H25N3O4S2/c1-14-6-4-7-15(2)22(14)25-21(28)11-31-23-24-19-12-32(29,30)13-20(19)26(23)18-9-5-8-17(10-18)16(3)27/h4-10,19-20H,11-13H2,1-3H3,(H,25,28)/t19-,20-/m0/s1. The van der Waals surface area contributed by atoms with Gasteiger partial charge in [-0.3, -0.25) is 14.6 Å². The minimum Gasteiger partial charge on any atom is -0.325 e. The lowest BCUT2D eigenvalue weighted by molar-refractivity contribution is -0.113. The number of Topliss-reactive ketones (excluding diaryl/α,β-unsaturated/α-hetero) is 1. The molecule has 0 unspecified atom stereocenters. The van der Waals surface area contributed by atoms with Gasteiger partial charge in [0.1, 0.15) is 0 Å². The van der Waals surface area contributed by atoms with E-state index < -0.39 is 9.84 Å². The van der Waals surface area contributed by atoms with E-state index in [1.165, 1.54) is 18.7 Å². The first-order valence-corrected chi connectivity index (χ1v) is 13.1. The summed E-state index contributed by atoms with van der Waals surface area (Å²) in [5, 5.41) is 3.57. The lowest BCUT2D eigenvalue weighted by atomic mass is 10.1. The first-order valence-electron chi connectivity index (χ1n) is 10.3. The van der Waals surface area contributed by atoms with Gasteiger partial charge in [-0.15, -0.1) is 0 Å². The Balaban J connectivity index is 1.55. The molecule has 0 bridgehead atoms. The number of carbonyl (C=O) groups is 2. The number of amides is 1. The number of thioether (sulfide) groups is 1. The number of hydrogen-bond donors (Lipinski definition) is 1. The molecular weight excluding hydrogens is 446 g/mol. The van der Waals surface area contributed by atoms with Gasteiger partial charge in [-0.2, -0.15) is 0 Å². The second kappa shape index (κ2) is 8.71. The fourth-order valence-corrected chi connectivity index (χ4v) is 6.89. The van der Waals surface area contributed by atoms with Crippen molar-refractivity contribution in [3.63, 3.8) is 0 Å². The molecule has 0 saturated carbocycles. The Labute approximate surface area is 192 Å². The molecule has 0 radical (unpaired) electrons. The molecule has 2 atom stereocenters. The predicted octanol–water partition coefficient (Wildman–Crippen LogP) is 3.22. The Morgan fingerprint density at radius 3 is 2.50 bits per heavy atom. The van der Waals surface area contributed by atoms with Crippen molar-refractivity contribution >= 4 is 49.8 Å². The number of aliphatic imine (C=N–C) groups is 1. The van der Waals surface area contributed by atoms with Crippen LogP contribution >= 0.6 is 11.8 Å². The van der Waals surface area contributed by atoms with Crippen molar-refractivity contribution in [2.45, 2.75) is 32.9 Å². The van der Waals surface area contributed by atoms with Crippen molar-refractivity contribution in [2.75, 3.05) is 27.5 Å². The zero-order chi connectivity index (χ0) is 23.0. The van der Waals surface area contributed by atoms with Crippen LogP contribution < -0.4 is 10.2 Å². The average molecular weight is 472 g/mol. The number of para-hydroxylation sites is 1. The second-order valence-corrected chi connectivity index (χ2v) is 11.3. The molecule has 2 aromatic carbocycles. The van der Waals surface area contributed by atoms with Crippen LogP contribution in [-0.2, 0) is 14.6 Å². The van der Waals surface area contributed by atoms with Crippen LogP contribution in [0, 0.1) is 13.8 Å². The Hall–Kier alpha value is -2.65. The van der Waals surface area contributed by atoms with Gasteiger partial charge in [-0.05, 0) is 44.0 Å². The molecule has 0 spiro atoms. The molecule has 7 nitrogen and oxygen atoms in total. The van der Waals surface area contributed by atoms with E-state index >= 15 is 0 Å². The van der Waals surface area contributed by atoms with E-state index in [1.54, 1.807) is 18.2 Å². The molecule has 4 rings (SSSR count). The van der Waals surface area contributed by atoms with Crippen LogP contribution in [0.4, 0.5) is 11.4 Å². The van der Waals surface area contributed by atoms with Crippen LogP contribution in [0.5, 0.6) is 0 Å². The van der Waals surface area contributed by atoms with Crippen LogP contribution in [0.15, 0.2) is 47.5 Å². The van der Waals surface area contributed by atoms with Crippen molar-refractivity contribution in [1.82, 2.24) is 0 Å². The predicted molar refractivity (Wildman–Crippen MR) is 130 cm³/mol. The first-order chi connectivity index (χ1) is 15.1. The summed E-state index contributed by atoms with van der Waals surface area (Å²) in [6, 6.07) is 12.2. The summed E-state index contributed by atoms with van der Waals surface area (Å²) in [4.78, 5) is 31.1. The van der Waals surface area contributed by atoms with Gasteiger partial charge in [0, 0.05) is 16.9 Å². The minimum absolute atomic E-state index is 0.000767. The monoisotopic (exact) mass is 471 g/mol. The molecule has 0 aromatic heterocycles. The number of nitrogens with one attached hydrogen (secondary N) is 1. The highest BCUT2D eigenvalue weighted by atomic mass is 32.2. The Morgan fingerprint density at radius 1 is 1.12 bits per heavy atom. The van der Waals surface area contributed by atoms with Crippen LogP contribution in [-0.4, -0.2) is 54.6 Å². The molecule has 2 aromatic rings. The van der Waals surface area contributed by atoms with Crippen molar-refractivity contribution in [3.8, 4) is 0 Å². The van der Waals surface area contributed by atoms with Gasteiger partial charge in [0.15, 0.2) is 20.8 Å². The number of benzene rings is 2. The summed E-state index contributed by atoms with van der Waals surface area (Å²) in [6.07, 6.45) is 0. The molecule has 0 aliphatic carbocycles. The number of amidine groups is 1. The van der Waals surface area contributed by atoms with Gasteiger partial charge in [0.05, 0.1) is 29.3 Å². The van der Waals surface area contributed by atoms with Gasteiger partial charge >= 0.3 is 0 Å². The third-order valence-electron chi connectivity index (χ3n) is 5.72. The van der Waals surface area contributed by atoms with E-state index in [1.807, 2.05) is 43.0 Å². The minimum atomic E-state index is -3.18. The number of carbonyl (C=O) groups excluding carboxylic acids is 2. The summed E-state index contributed by atoms with van der Waals surface area (Å²) >= 11 is 1.28. The van der Waals surface area contributed by atoms with Gasteiger partial charge < -0.3 is 10.2 Å². The van der Waals surface area contributed by atoms with Crippen LogP contribution in [0.1, 0.15) is 28.4 Å². The third kappa shape index (κ3) is 4.59. The second-order valence-electron chi connectivity index (χ2n) is 8.20. The third-order valence-corrected chi connectivity index (χ3v) is 8.38. The number of aryl methyl sites for hydroxylation is 2. The SMILES string of the molecule is CC(=O)c1cccc(N2C(SCC(=O)Nc3c(C)cccc3C)=N[C@H]3CS(=O)(=O)C[C@@H]32)c1. The zero-order valence-corrected chi connectivity index (χ0v) is 19.8. The van der Waals surface area contributed by atoms with Gasteiger partial charge in [-0.1, -0.05) is 42.1 Å². The largest absolute Gasteiger partial charge is 0.325 e. The summed E-state index contributed by atoms with van der Waals surface area (Å²) < 4.78 is 24.4. The van der Waals surface area contributed by atoms with E-state index in [9.17, 15) is 18.0 Å². The highest BCUT2D eigenvalue weighted by molar-refractivity contribution is 8.14. The molecule has 1 saturated heterocycles. The number of hydrogen-bond acceptors (Lipinski definition) is 7. The Bertz CT molecular complexity index is 1200. The maximum Gasteiger partial charge on any atom is 0.234 e. The highest BCUT2D eigenvalue weighted by Gasteiger charge is 2.47. The number of nitrogens with zero attached hydrogens (tertiary/aromatic N) is 2. The fraction of sp³-hybridized carbons (Fsp3) is 0.348. The molecule has 168 valence electrons.